The molecule has 1 unspecified atom stereocenters. The van der Waals surface area contributed by atoms with Crippen LogP contribution in [0.2, 0.25) is 0 Å². The Kier molecular flexibility index (Phi) is 6.37. The smallest absolute Gasteiger partial charge is 0.267 e. The molecule has 144 valence electrons. The Balaban J connectivity index is 1.75. The highest BCUT2D eigenvalue weighted by Gasteiger charge is 2.18. The molecule has 3 aromatic rings. The Morgan fingerprint density at radius 2 is 1.75 bits per heavy atom. The molecule has 1 amide bonds. The molecule has 5 heteroatoms. The van der Waals surface area contributed by atoms with Crippen LogP contribution in [0.3, 0.4) is 0 Å². The van der Waals surface area contributed by atoms with E-state index >= 15 is 0 Å². The van der Waals surface area contributed by atoms with E-state index in [0.717, 1.165) is 24.8 Å². The molecule has 1 atom stereocenters. The van der Waals surface area contributed by atoms with E-state index in [2.05, 4.69) is 17.3 Å². The number of aromatic nitrogens is 2. The van der Waals surface area contributed by atoms with Gasteiger partial charge in [-0.1, -0.05) is 55.8 Å². The van der Waals surface area contributed by atoms with Crippen molar-refractivity contribution in [3.05, 3.63) is 82.6 Å². The molecule has 1 heterocycles. The van der Waals surface area contributed by atoms with E-state index in [9.17, 15) is 9.59 Å². The number of nitrogens with zero attached hydrogens (tertiary/aromatic N) is 2. The van der Waals surface area contributed by atoms with Crippen molar-refractivity contribution in [2.75, 3.05) is 5.32 Å². The van der Waals surface area contributed by atoms with Crippen molar-refractivity contribution in [2.45, 2.75) is 39.2 Å². The van der Waals surface area contributed by atoms with Crippen molar-refractivity contribution in [2.24, 2.45) is 0 Å². The molecule has 1 aromatic heterocycles. The third kappa shape index (κ3) is 4.74. The molecule has 1 N–H and O–H groups in total. The van der Waals surface area contributed by atoms with Crippen LogP contribution in [0.5, 0.6) is 0 Å². The Bertz CT molecular complexity index is 979. The molecule has 0 saturated carbocycles. The van der Waals surface area contributed by atoms with Gasteiger partial charge in [0.2, 0.25) is 5.91 Å². The first-order chi connectivity index (χ1) is 13.6. The molecule has 2 aromatic carbocycles. The molecule has 0 fully saturated rings. The van der Waals surface area contributed by atoms with Gasteiger partial charge in [0.1, 0.15) is 6.04 Å². The monoisotopic (exact) mass is 375 g/mol. The zero-order valence-corrected chi connectivity index (χ0v) is 16.3. The molecule has 0 aliphatic rings. The van der Waals surface area contributed by atoms with E-state index in [1.54, 1.807) is 13.0 Å². The number of rotatable bonds is 7. The van der Waals surface area contributed by atoms with Crippen molar-refractivity contribution < 1.29 is 4.79 Å². The number of hydrogen-bond donors (Lipinski definition) is 1. The Hall–Kier alpha value is -3.21. The van der Waals surface area contributed by atoms with Gasteiger partial charge in [-0.3, -0.25) is 9.59 Å². The van der Waals surface area contributed by atoms with Gasteiger partial charge in [0.15, 0.2) is 0 Å². The van der Waals surface area contributed by atoms with Gasteiger partial charge < -0.3 is 5.32 Å². The topological polar surface area (TPSA) is 64.0 Å². The summed E-state index contributed by atoms with van der Waals surface area (Å²) in [6.07, 6.45) is 3.33. The van der Waals surface area contributed by atoms with Crippen molar-refractivity contribution in [1.82, 2.24) is 9.78 Å². The largest absolute Gasteiger partial charge is 0.324 e. The molecule has 5 nitrogen and oxygen atoms in total. The van der Waals surface area contributed by atoms with Crippen LogP contribution in [0.25, 0.3) is 11.3 Å². The molecule has 0 aliphatic carbocycles. The maximum Gasteiger partial charge on any atom is 0.267 e. The summed E-state index contributed by atoms with van der Waals surface area (Å²) in [5.74, 6) is -0.277. The quantitative estimate of drug-likeness (QED) is 0.663. The van der Waals surface area contributed by atoms with Gasteiger partial charge in [-0.2, -0.15) is 5.10 Å². The lowest BCUT2D eigenvalue weighted by Crippen LogP contribution is -2.33. The van der Waals surface area contributed by atoms with Gasteiger partial charge >= 0.3 is 0 Å². The lowest BCUT2D eigenvalue weighted by atomic mass is 10.1. The summed E-state index contributed by atoms with van der Waals surface area (Å²) >= 11 is 0. The van der Waals surface area contributed by atoms with Crippen LogP contribution in [0, 0.1) is 0 Å². The van der Waals surface area contributed by atoms with E-state index in [1.165, 1.54) is 16.3 Å². The number of benzene rings is 2. The van der Waals surface area contributed by atoms with Gasteiger partial charge in [0.25, 0.3) is 5.56 Å². The van der Waals surface area contributed by atoms with Crippen LogP contribution in [0.1, 0.15) is 38.3 Å². The van der Waals surface area contributed by atoms with Crippen LogP contribution in [-0.2, 0) is 11.2 Å². The van der Waals surface area contributed by atoms with Gasteiger partial charge in [-0.15, -0.1) is 0 Å². The second-order valence-corrected chi connectivity index (χ2v) is 6.83. The minimum Gasteiger partial charge on any atom is -0.324 e. The number of hydrogen-bond acceptors (Lipinski definition) is 3. The van der Waals surface area contributed by atoms with E-state index < -0.39 is 6.04 Å². The van der Waals surface area contributed by atoms with Crippen LogP contribution < -0.4 is 10.9 Å². The molecule has 0 bridgehead atoms. The first-order valence-electron chi connectivity index (χ1n) is 9.63. The lowest BCUT2D eigenvalue weighted by molar-refractivity contribution is -0.119. The molecular formula is C23H25N3O2. The molecule has 0 aliphatic heterocycles. The summed E-state index contributed by atoms with van der Waals surface area (Å²) in [6.45, 7) is 3.84. The van der Waals surface area contributed by atoms with Gasteiger partial charge in [0, 0.05) is 17.3 Å². The summed E-state index contributed by atoms with van der Waals surface area (Å²) in [6, 6.07) is 19.8. The summed E-state index contributed by atoms with van der Waals surface area (Å²) < 4.78 is 1.23. The predicted molar refractivity (Wildman–Crippen MR) is 112 cm³/mol. The highest BCUT2D eigenvalue weighted by atomic mass is 16.2. The number of aryl methyl sites for hydroxylation is 1. The minimum atomic E-state index is -0.726. The highest BCUT2D eigenvalue weighted by Crippen LogP contribution is 2.17. The molecule has 28 heavy (non-hydrogen) atoms. The van der Waals surface area contributed by atoms with Crippen LogP contribution in [0.4, 0.5) is 5.69 Å². The fourth-order valence-electron chi connectivity index (χ4n) is 2.96. The zero-order valence-electron chi connectivity index (χ0n) is 16.3. The molecule has 0 spiro atoms. The predicted octanol–water partition coefficient (Wildman–Crippen LogP) is 4.45. The van der Waals surface area contributed by atoms with Crippen LogP contribution in [-0.4, -0.2) is 15.7 Å². The first-order valence-corrected chi connectivity index (χ1v) is 9.63. The zero-order chi connectivity index (χ0) is 19.9. The Labute approximate surface area is 165 Å². The van der Waals surface area contributed by atoms with Gasteiger partial charge in [-0.05, 0) is 43.5 Å². The summed E-state index contributed by atoms with van der Waals surface area (Å²) in [5, 5.41) is 7.27. The average Bonchev–Trinajstić information content (AvgIpc) is 2.73. The summed E-state index contributed by atoms with van der Waals surface area (Å²) in [5.41, 5.74) is 3.20. The van der Waals surface area contributed by atoms with E-state index in [1.807, 2.05) is 54.6 Å². The first kappa shape index (κ1) is 19.5. The van der Waals surface area contributed by atoms with Gasteiger partial charge in [0.05, 0.1) is 5.69 Å². The number of amides is 1. The van der Waals surface area contributed by atoms with Crippen molar-refractivity contribution >= 4 is 11.6 Å². The summed E-state index contributed by atoms with van der Waals surface area (Å²) in [7, 11) is 0. The number of unbranched alkanes of at least 4 members (excludes halogenated alkanes) is 1. The van der Waals surface area contributed by atoms with Crippen molar-refractivity contribution in [3.63, 3.8) is 0 Å². The number of carbonyl (C=O) groups excluding carboxylic acids is 1. The maximum atomic E-state index is 12.7. The van der Waals surface area contributed by atoms with Gasteiger partial charge in [-0.25, -0.2) is 4.68 Å². The Morgan fingerprint density at radius 3 is 2.43 bits per heavy atom. The van der Waals surface area contributed by atoms with Crippen molar-refractivity contribution in [1.29, 1.82) is 0 Å². The highest BCUT2D eigenvalue weighted by molar-refractivity contribution is 5.93. The third-order valence-corrected chi connectivity index (χ3v) is 4.68. The van der Waals surface area contributed by atoms with E-state index in [0.29, 0.717) is 11.4 Å². The van der Waals surface area contributed by atoms with Crippen LogP contribution >= 0.6 is 0 Å². The molecule has 3 rings (SSSR count). The fraction of sp³-hybridized carbons (Fsp3) is 0.261. The maximum absolute atomic E-state index is 12.7. The van der Waals surface area contributed by atoms with E-state index in [-0.39, 0.29) is 11.5 Å². The second kappa shape index (κ2) is 9.13. The number of nitrogens with one attached hydrogen (secondary N) is 1. The second-order valence-electron chi connectivity index (χ2n) is 6.83. The fourth-order valence-corrected chi connectivity index (χ4v) is 2.96. The minimum absolute atomic E-state index is 0.277. The van der Waals surface area contributed by atoms with E-state index in [4.69, 9.17) is 0 Å². The Morgan fingerprint density at radius 1 is 1.04 bits per heavy atom. The molecule has 0 saturated heterocycles. The lowest BCUT2D eigenvalue weighted by Gasteiger charge is -2.15. The number of anilines is 1. The van der Waals surface area contributed by atoms with Crippen molar-refractivity contribution in [3.8, 4) is 11.3 Å². The summed E-state index contributed by atoms with van der Waals surface area (Å²) in [4.78, 5) is 24.9. The normalized spacial score (nSPS) is 11.8. The average molecular weight is 375 g/mol. The third-order valence-electron chi connectivity index (χ3n) is 4.68. The van der Waals surface area contributed by atoms with Crippen LogP contribution in [0.15, 0.2) is 71.5 Å². The molecule has 0 radical (unpaired) electrons. The number of carbonyl (C=O) groups is 1. The SMILES string of the molecule is CCCCc1ccc(NC(=O)C(C)n2nc(-c3ccccc3)ccc2=O)cc1. The molecular weight excluding hydrogens is 350 g/mol. The standard InChI is InChI=1S/C23H25N3O2/c1-3-4-8-18-11-13-20(14-12-18)24-23(28)17(2)26-22(27)16-15-21(25-26)19-9-6-5-7-10-19/h5-7,9-17H,3-4,8H2,1-2H3,(H,24,28).